The second kappa shape index (κ2) is 5.69. The first kappa shape index (κ1) is 13.3. The van der Waals surface area contributed by atoms with Crippen LogP contribution in [0.15, 0.2) is 40.9 Å². The quantitative estimate of drug-likeness (QED) is 0.915. The zero-order chi connectivity index (χ0) is 13.8. The number of aromatic nitrogens is 1. The molecule has 19 heavy (non-hydrogen) atoms. The number of nitrogens with zero attached hydrogens (tertiary/aromatic N) is 1. The summed E-state index contributed by atoms with van der Waals surface area (Å²) in [7, 11) is 0. The predicted octanol–water partition coefficient (Wildman–Crippen LogP) is 3.29. The molecule has 4 nitrogen and oxygen atoms in total. The number of rotatable bonds is 4. The highest BCUT2D eigenvalue weighted by Crippen LogP contribution is 2.16. The van der Waals surface area contributed by atoms with Crippen LogP contribution >= 0.6 is 0 Å². The molecule has 2 aromatic rings. The van der Waals surface area contributed by atoms with Gasteiger partial charge in [-0.2, -0.15) is 0 Å². The molecule has 0 saturated heterocycles. The lowest BCUT2D eigenvalue weighted by atomic mass is 10.1. The molecule has 1 aromatic heterocycles. The van der Waals surface area contributed by atoms with Gasteiger partial charge in [-0.3, -0.25) is 4.79 Å². The van der Waals surface area contributed by atoms with E-state index in [0.717, 1.165) is 11.3 Å². The van der Waals surface area contributed by atoms with Crippen LogP contribution in [0.4, 0.5) is 0 Å². The third kappa shape index (κ3) is 3.22. The van der Waals surface area contributed by atoms with Gasteiger partial charge in [0.25, 0.3) is 5.91 Å². The van der Waals surface area contributed by atoms with E-state index >= 15 is 0 Å². The molecular weight excluding hydrogens is 240 g/mol. The van der Waals surface area contributed by atoms with E-state index in [9.17, 15) is 4.79 Å². The molecule has 0 bridgehead atoms. The van der Waals surface area contributed by atoms with Crippen LogP contribution in [0.2, 0.25) is 0 Å². The van der Waals surface area contributed by atoms with Gasteiger partial charge in [0.2, 0.25) is 0 Å². The first-order chi connectivity index (χ1) is 9.08. The zero-order valence-electron chi connectivity index (χ0n) is 11.4. The Bertz CT molecular complexity index is 546. The van der Waals surface area contributed by atoms with Crippen LogP contribution in [0.5, 0.6) is 0 Å². The van der Waals surface area contributed by atoms with Crippen molar-refractivity contribution in [1.82, 2.24) is 10.5 Å². The van der Waals surface area contributed by atoms with Gasteiger partial charge in [-0.25, -0.2) is 0 Å². The number of hydrogen-bond acceptors (Lipinski definition) is 3. The van der Waals surface area contributed by atoms with E-state index in [1.807, 2.05) is 51.1 Å². The molecule has 1 aromatic carbocycles. The topological polar surface area (TPSA) is 55.1 Å². The average molecular weight is 258 g/mol. The van der Waals surface area contributed by atoms with E-state index in [2.05, 4.69) is 10.5 Å². The zero-order valence-corrected chi connectivity index (χ0v) is 11.4. The number of carbonyl (C=O) groups excluding carboxylic acids is 1. The highest BCUT2D eigenvalue weighted by Gasteiger charge is 2.16. The Labute approximate surface area is 112 Å². The Balaban J connectivity index is 2.04. The van der Waals surface area contributed by atoms with Crippen molar-refractivity contribution in [3.8, 4) is 0 Å². The molecule has 1 atom stereocenters. The molecule has 2 rings (SSSR count). The summed E-state index contributed by atoms with van der Waals surface area (Å²) in [6.45, 7) is 5.93. The van der Waals surface area contributed by atoms with Crippen molar-refractivity contribution < 1.29 is 9.32 Å². The van der Waals surface area contributed by atoms with Crippen LogP contribution in [0.3, 0.4) is 0 Å². The average Bonchev–Trinajstić information content (AvgIpc) is 2.89. The summed E-state index contributed by atoms with van der Waals surface area (Å²) < 4.78 is 5.12. The fraction of sp³-hybridized carbons (Fsp3) is 0.333. The Morgan fingerprint density at radius 2 is 1.89 bits per heavy atom. The lowest BCUT2D eigenvalue weighted by Gasteiger charge is -2.12. The van der Waals surface area contributed by atoms with E-state index in [-0.39, 0.29) is 17.9 Å². The molecule has 0 aliphatic rings. The number of amides is 1. The maximum absolute atomic E-state index is 12.0. The molecule has 1 heterocycles. The molecule has 0 radical (unpaired) electrons. The third-order valence-corrected chi connectivity index (χ3v) is 2.98. The maximum Gasteiger partial charge on any atom is 0.273 e. The molecular formula is C15H18N2O2. The normalized spacial score (nSPS) is 12.4. The molecule has 0 fully saturated rings. The van der Waals surface area contributed by atoms with Crippen molar-refractivity contribution in [2.75, 3.05) is 0 Å². The van der Waals surface area contributed by atoms with Crippen LogP contribution in [0.25, 0.3) is 0 Å². The van der Waals surface area contributed by atoms with Crippen molar-refractivity contribution in [2.45, 2.75) is 32.7 Å². The SMILES string of the molecule is CC(C)c1cc(C(=O)N[C@@H](C)c2ccccc2)no1. The van der Waals surface area contributed by atoms with Gasteiger partial charge in [0, 0.05) is 12.0 Å². The fourth-order valence-corrected chi connectivity index (χ4v) is 1.76. The molecule has 100 valence electrons. The first-order valence-electron chi connectivity index (χ1n) is 6.40. The summed E-state index contributed by atoms with van der Waals surface area (Å²) in [4.78, 5) is 12.0. The first-order valence-corrected chi connectivity index (χ1v) is 6.40. The van der Waals surface area contributed by atoms with E-state index in [0.29, 0.717) is 5.69 Å². The molecule has 0 aliphatic carbocycles. The van der Waals surface area contributed by atoms with Crippen LogP contribution < -0.4 is 5.32 Å². The number of nitrogens with one attached hydrogen (secondary N) is 1. The Morgan fingerprint density at radius 3 is 2.47 bits per heavy atom. The lowest BCUT2D eigenvalue weighted by Crippen LogP contribution is -2.26. The van der Waals surface area contributed by atoms with E-state index < -0.39 is 0 Å². The Hall–Kier alpha value is -2.10. The number of benzene rings is 1. The minimum atomic E-state index is -0.216. The number of carbonyl (C=O) groups is 1. The minimum absolute atomic E-state index is 0.0621. The molecule has 1 amide bonds. The van der Waals surface area contributed by atoms with Crippen molar-refractivity contribution in [2.24, 2.45) is 0 Å². The summed E-state index contributed by atoms with van der Waals surface area (Å²) in [5, 5.41) is 6.70. The second-order valence-corrected chi connectivity index (χ2v) is 4.88. The summed E-state index contributed by atoms with van der Waals surface area (Å²) in [6.07, 6.45) is 0. The van der Waals surface area contributed by atoms with Gasteiger partial charge in [0.1, 0.15) is 5.76 Å². The van der Waals surface area contributed by atoms with E-state index in [1.54, 1.807) is 6.07 Å². The van der Waals surface area contributed by atoms with Gasteiger partial charge in [-0.15, -0.1) is 0 Å². The Kier molecular flexibility index (Phi) is 4.00. The molecule has 0 spiro atoms. The van der Waals surface area contributed by atoms with E-state index in [1.165, 1.54) is 0 Å². The highest BCUT2D eigenvalue weighted by molar-refractivity contribution is 5.92. The lowest BCUT2D eigenvalue weighted by molar-refractivity contribution is 0.0930. The van der Waals surface area contributed by atoms with Crippen LogP contribution in [0, 0.1) is 0 Å². The van der Waals surface area contributed by atoms with Crippen molar-refractivity contribution >= 4 is 5.91 Å². The van der Waals surface area contributed by atoms with Crippen LogP contribution in [-0.2, 0) is 0 Å². The maximum atomic E-state index is 12.0. The van der Waals surface area contributed by atoms with E-state index in [4.69, 9.17) is 4.52 Å². The van der Waals surface area contributed by atoms with Crippen molar-refractivity contribution in [1.29, 1.82) is 0 Å². The van der Waals surface area contributed by atoms with Gasteiger partial charge in [0.15, 0.2) is 5.69 Å². The summed E-state index contributed by atoms with van der Waals surface area (Å²) in [6, 6.07) is 11.4. The summed E-state index contributed by atoms with van der Waals surface area (Å²) in [5.74, 6) is 0.727. The van der Waals surface area contributed by atoms with Crippen molar-refractivity contribution in [3.63, 3.8) is 0 Å². The predicted molar refractivity (Wildman–Crippen MR) is 72.9 cm³/mol. The van der Waals surface area contributed by atoms with Crippen LogP contribution in [0.1, 0.15) is 54.5 Å². The highest BCUT2D eigenvalue weighted by atomic mass is 16.5. The second-order valence-electron chi connectivity index (χ2n) is 4.88. The summed E-state index contributed by atoms with van der Waals surface area (Å²) in [5.41, 5.74) is 1.38. The molecule has 0 saturated carbocycles. The molecule has 0 unspecified atom stereocenters. The third-order valence-electron chi connectivity index (χ3n) is 2.98. The number of hydrogen-bond donors (Lipinski definition) is 1. The van der Waals surface area contributed by atoms with Gasteiger partial charge in [-0.05, 0) is 12.5 Å². The Morgan fingerprint density at radius 1 is 1.21 bits per heavy atom. The van der Waals surface area contributed by atoms with Gasteiger partial charge < -0.3 is 9.84 Å². The molecule has 4 heteroatoms. The standard InChI is InChI=1S/C15H18N2O2/c1-10(2)14-9-13(17-19-14)15(18)16-11(3)12-7-5-4-6-8-12/h4-11H,1-3H3,(H,16,18)/t11-/m0/s1. The monoisotopic (exact) mass is 258 g/mol. The smallest absolute Gasteiger partial charge is 0.273 e. The molecule has 1 N–H and O–H groups in total. The van der Waals surface area contributed by atoms with Gasteiger partial charge in [-0.1, -0.05) is 49.3 Å². The summed E-state index contributed by atoms with van der Waals surface area (Å²) >= 11 is 0. The van der Waals surface area contributed by atoms with Crippen molar-refractivity contribution in [3.05, 3.63) is 53.4 Å². The van der Waals surface area contributed by atoms with Crippen LogP contribution in [-0.4, -0.2) is 11.1 Å². The van der Waals surface area contributed by atoms with Gasteiger partial charge in [0.05, 0.1) is 6.04 Å². The van der Waals surface area contributed by atoms with Gasteiger partial charge >= 0.3 is 0 Å². The minimum Gasteiger partial charge on any atom is -0.360 e. The molecule has 0 aliphatic heterocycles. The fourth-order valence-electron chi connectivity index (χ4n) is 1.76. The largest absolute Gasteiger partial charge is 0.360 e.